The van der Waals surface area contributed by atoms with E-state index in [1.165, 1.54) is 87.8 Å². The minimum Gasteiger partial charge on any atom is -1.00 e. The number of ether oxygens (including phenoxy) is 3. The van der Waals surface area contributed by atoms with E-state index >= 15 is 0 Å². The maximum atomic E-state index is 14.1. The molecule has 0 atom stereocenters. The quantitative estimate of drug-likeness (QED) is 0.137. The first-order valence-electron chi connectivity index (χ1n) is 17.6. The van der Waals surface area contributed by atoms with Crippen LogP contribution in [0.2, 0.25) is 0 Å². The van der Waals surface area contributed by atoms with Crippen LogP contribution in [0.25, 0.3) is 16.6 Å². The third kappa shape index (κ3) is 8.56. The summed E-state index contributed by atoms with van der Waals surface area (Å²) in [4.78, 5) is 31.6. The van der Waals surface area contributed by atoms with Crippen molar-refractivity contribution in [3.8, 4) is 22.9 Å². The van der Waals surface area contributed by atoms with Gasteiger partial charge in [0.05, 0.1) is 52.5 Å². The zero-order chi connectivity index (χ0) is 35.3. The van der Waals surface area contributed by atoms with Gasteiger partial charge >= 0.3 is 0 Å². The van der Waals surface area contributed by atoms with Crippen molar-refractivity contribution in [3.05, 3.63) is 88.2 Å². The highest BCUT2D eigenvalue weighted by Crippen LogP contribution is 2.32. The fraction of sp³-hybridized carbons (Fsp3) is 0.436. The van der Waals surface area contributed by atoms with Gasteiger partial charge in [-0.05, 0) is 62.6 Å². The second-order valence-electron chi connectivity index (χ2n) is 13.3. The van der Waals surface area contributed by atoms with Gasteiger partial charge in [0.1, 0.15) is 22.9 Å². The van der Waals surface area contributed by atoms with E-state index in [2.05, 4.69) is 4.90 Å². The minimum absolute atomic E-state index is 0. The van der Waals surface area contributed by atoms with E-state index in [0.717, 1.165) is 31.0 Å². The number of quaternary nitrogens is 1. The molecule has 1 aromatic heterocycles. The van der Waals surface area contributed by atoms with E-state index in [-0.39, 0.29) is 34.8 Å². The number of nitrogens with zero attached hydrogens (tertiary/aromatic N) is 4. The third-order valence-corrected chi connectivity index (χ3v) is 10.3. The summed E-state index contributed by atoms with van der Waals surface area (Å²) in [5.41, 5.74) is 0.502. The standard InChI is InChI=1S/C39H47F2N4O5.BrH/c1-4-43(31-23-28(40)22-29(41)24-31)39(47)34-27-44(30-10-13-36(48-2)37(25-30)49-3)35-26-32(11-12-33(35)38(34)46)50-21-9-7-5-6-8-17-45-18-14-42(15-19-45)16-20-45;/h10-13,22-27H,4-9,14-21H2,1-3H3;1H/q+1;/p-1. The number of hydrogen-bond donors (Lipinski definition) is 0. The Hall–Kier alpha value is -4.00. The molecule has 0 radical (unpaired) electrons. The predicted molar refractivity (Wildman–Crippen MR) is 191 cm³/mol. The molecular weight excluding hydrogens is 722 g/mol. The molecule has 51 heavy (non-hydrogen) atoms. The Balaban J connectivity index is 0.00000504. The second kappa shape index (κ2) is 17.0. The first-order chi connectivity index (χ1) is 24.2. The summed E-state index contributed by atoms with van der Waals surface area (Å²) in [5, 5.41) is 0.293. The third-order valence-electron chi connectivity index (χ3n) is 10.3. The van der Waals surface area contributed by atoms with Crippen LogP contribution in [0.1, 0.15) is 49.4 Å². The zero-order valence-corrected chi connectivity index (χ0v) is 31.2. The highest BCUT2D eigenvalue weighted by atomic mass is 79.9. The number of carbonyl (C=O) groups is 1. The van der Waals surface area contributed by atoms with Crippen molar-refractivity contribution in [3.63, 3.8) is 0 Å². The Kier molecular flexibility index (Phi) is 12.8. The number of fused-ring (bicyclic) bond motifs is 4. The van der Waals surface area contributed by atoms with Gasteiger partial charge in [0.15, 0.2) is 11.5 Å². The SMILES string of the molecule is CCN(C(=O)c1cn(-c2ccc(OC)c(OC)c2)c2cc(OCCCCCCC[N+]34CCN(CC3)CC4)ccc2c1=O)c1cc(F)cc(F)c1.[Br-]. The molecule has 3 aliphatic rings. The number of carbonyl (C=O) groups excluding carboxylic acids is 1. The van der Waals surface area contributed by atoms with E-state index in [1.807, 2.05) is 0 Å². The van der Waals surface area contributed by atoms with Gasteiger partial charge in [-0.25, -0.2) is 8.78 Å². The number of hydrogen-bond acceptors (Lipinski definition) is 6. The number of anilines is 1. The van der Waals surface area contributed by atoms with Crippen LogP contribution < -0.4 is 41.5 Å². The van der Waals surface area contributed by atoms with Crippen molar-refractivity contribution in [2.24, 2.45) is 0 Å². The first-order valence-corrected chi connectivity index (χ1v) is 17.6. The molecule has 3 saturated heterocycles. The smallest absolute Gasteiger partial charge is 0.263 e. The molecule has 12 heteroatoms. The summed E-state index contributed by atoms with van der Waals surface area (Å²) in [5.74, 6) is -0.731. The second-order valence-corrected chi connectivity index (χ2v) is 13.3. The molecule has 4 aromatic rings. The molecular formula is C39H47BrF2N4O5. The van der Waals surface area contributed by atoms with Crippen LogP contribution in [0.3, 0.4) is 0 Å². The number of piperazine rings is 3. The summed E-state index contributed by atoms with van der Waals surface area (Å²) in [6.45, 7) is 11.3. The van der Waals surface area contributed by atoms with Crippen molar-refractivity contribution >= 4 is 22.5 Å². The monoisotopic (exact) mass is 768 g/mol. The van der Waals surface area contributed by atoms with Gasteiger partial charge in [0.2, 0.25) is 5.43 Å². The molecule has 0 spiro atoms. The Morgan fingerprint density at radius 1 is 0.843 bits per heavy atom. The molecule has 4 heterocycles. The Labute approximate surface area is 308 Å². The van der Waals surface area contributed by atoms with Crippen molar-refractivity contribution in [1.29, 1.82) is 0 Å². The van der Waals surface area contributed by atoms with E-state index in [4.69, 9.17) is 14.2 Å². The summed E-state index contributed by atoms with van der Waals surface area (Å²) in [7, 11) is 3.07. The zero-order valence-electron chi connectivity index (χ0n) is 29.6. The summed E-state index contributed by atoms with van der Waals surface area (Å²) in [6, 6.07) is 13.4. The van der Waals surface area contributed by atoms with Gasteiger partial charge in [-0.15, -0.1) is 0 Å². The number of aromatic nitrogens is 1. The molecule has 0 unspecified atom stereocenters. The van der Waals surface area contributed by atoms with E-state index in [0.29, 0.717) is 40.4 Å². The van der Waals surface area contributed by atoms with Crippen molar-refractivity contribution < 1.29 is 49.3 Å². The number of rotatable bonds is 15. The molecule has 0 saturated carbocycles. The van der Waals surface area contributed by atoms with Gasteiger partial charge in [-0.2, -0.15) is 0 Å². The molecule has 1 amide bonds. The maximum Gasteiger partial charge on any atom is 0.263 e. The molecule has 0 N–H and O–H groups in total. The van der Waals surface area contributed by atoms with Crippen LogP contribution in [-0.2, 0) is 0 Å². The lowest BCUT2D eigenvalue weighted by Gasteiger charge is -2.50. The van der Waals surface area contributed by atoms with Gasteiger partial charge in [-0.3, -0.25) is 14.5 Å². The lowest BCUT2D eigenvalue weighted by atomic mass is 10.1. The molecule has 7 rings (SSSR count). The molecule has 3 aromatic carbocycles. The highest BCUT2D eigenvalue weighted by molar-refractivity contribution is 6.07. The van der Waals surface area contributed by atoms with E-state index in [1.54, 1.807) is 55.0 Å². The van der Waals surface area contributed by atoms with Crippen LogP contribution in [0, 0.1) is 11.6 Å². The van der Waals surface area contributed by atoms with Crippen LogP contribution in [0.15, 0.2) is 65.6 Å². The van der Waals surface area contributed by atoms with Gasteiger partial charge < -0.3 is 45.1 Å². The summed E-state index contributed by atoms with van der Waals surface area (Å²) >= 11 is 0. The van der Waals surface area contributed by atoms with Gasteiger partial charge in [0, 0.05) is 67.3 Å². The number of pyridine rings is 1. The van der Waals surface area contributed by atoms with Crippen molar-refractivity contribution in [2.75, 3.05) is 78.1 Å². The van der Waals surface area contributed by atoms with Gasteiger partial charge in [-0.1, -0.05) is 12.8 Å². The average molecular weight is 770 g/mol. The summed E-state index contributed by atoms with van der Waals surface area (Å²) < 4.78 is 48.4. The van der Waals surface area contributed by atoms with Gasteiger partial charge in [0.25, 0.3) is 5.91 Å². The molecule has 2 bridgehead atoms. The Morgan fingerprint density at radius 3 is 2.18 bits per heavy atom. The fourth-order valence-corrected chi connectivity index (χ4v) is 7.36. The number of halogens is 3. The maximum absolute atomic E-state index is 14.1. The predicted octanol–water partition coefficient (Wildman–Crippen LogP) is 3.43. The molecule has 3 fully saturated rings. The van der Waals surface area contributed by atoms with Crippen molar-refractivity contribution in [1.82, 2.24) is 9.47 Å². The number of amides is 1. The van der Waals surface area contributed by atoms with Crippen molar-refractivity contribution in [2.45, 2.75) is 39.0 Å². The number of methoxy groups -OCH3 is 2. The van der Waals surface area contributed by atoms with Crippen LogP contribution in [-0.4, -0.2) is 93.0 Å². The molecule has 274 valence electrons. The normalized spacial score (nSPS) is 17.9. The minimum atomic E-state index is -0.820. The molecule has 3 aliphatic heterocycles. The van der Waals surface area contributed by atoms with E-state index < -0.39 is 23.0 Å². The van der Waals surface area contributed by atoms with Crippen LogP contribution >= 0.6 is 0 Å². The first kappa shape index (κ1) is 38.2. The number of unbranched alkanes of at least 4 members (excludes halogenated alkanes) is 4. The molecule has 9 nitrogen and oxygen atoms in total. The van der Waals surface area contributed by atoms with E-state index in [9.17, 15) is 18.4 Å². The highest BCUT2D eigenvalue weighted by Gasteiger charge is 2.37. The topological polar surface area (TPSA) is 73.2 Å². The summed E-state index contributed by atoms with van der Waals surface area (Å²) in [6.07, 6.45) is 7.18. The average Bonchev–Trinajstić information content (AvgIpc) is 3.13. The molecule has 0 aliphatic carbocycles. The lowest BCUT2D eigenvalue weighted by molar-refractivity contribution is -0.941. The van der Waals surface area contributed by atoms with Crippen LogP contribution in [0.5, 0.6) is 17.2 Å². The largest absolute Gasteiger partial charge is 1.00 e. The lowest BCUT2D eigenvalue weighted by Crippen LogP contribution is -3.00. The van der Waals surface area contributed by atoms with Crippen LogP contribution in [0.4, 0.5) is 14.5 Å². The Morgan fingerprint density at radius 2 is 1.51 bits per heavy atom. The number of benzene rings is 3. The Bertz CT molecular complexity index is 1860. The fourth-order valence-electron chi connectivity index (χ4n) is 7.36.